The fourth-order valence-corrected chi connectivity index (χ4v) is 2.73. The van der Waals surface area contributed by atoms with Crippen molar-refractivity contribution in [2.24, 2.45) is 0 Å². The van der Waals surface area contributed by atoms with Gasteiger partial charge in [-0.05, 0) is 50.2 Å². The molecule has 2 heterocycles. The number of nitrogens with zero attached hydrogens (tertiary/aromatic N) is 2. The molecule has 1 aromatic carbocycles. The molecule has 3 rings (SSSR count). The first-order valence-corrected chi connectivity index (χ1v) is 8.29. The largest absolute Gasteiger partial charge is 0.490 e. The van der Waals surface area contributed by atoms with Crippen LogP contribution in [0.5, 0.6) is 5.75 Å². The highest BCUT2D eigenvalue weighted by Crippen LogP contribution is 2.23. The summed E-state index contributed by atoms with van der Waals surface area (Å²) in [5.41, 5.74) is 2.97. The van der Waals surface area contributed by atoms with Crippen LogP contribution in [-0.4, -0.2) is 27.8 Å². The first kappa shape index (κ1) is 17.5. The molecule has 0 spiro atoms. The van der Waals surface area contributed by atoms with E-state index in [-0.39, 0.29) is 11.8 Å². The van der Waals surface area contributed by atoms with Crippen LogP contribution in [0.15, 0.2) is 42.6 Å². The summed E-state index contributed by atoms with van der Waals surface area (Å²) in [6.45, 7) is 5.66. The number of hydrogen-bond donors (Lipinski definition) is 2. The van der Waals surface area contributed by atoms with Gasteiger partial charge in [0.05, 0.1) is 12.3 Å². The highest BCUT2D eigenvalue weighted by atomic mass is 16.5. The number of imidazole rings is 1. The van der Waals surface area contributed by atoms with Crippen molar-refractivity contribution < 1.29 is 14.3 Å². The number of amides is 2. The van der Waals surface area contributed by atoms with Crippen LogP contribution in [0.4, 0.5) is 11.4 Å². The molecule has 7 heteroatoms. The number of aromatic nitrogens is 2. The van der Waals surface area contributed by atoms with Gasteiger partial charge in [-0.3, -0.25) is 14.0 Å². The molecule has 3 aromatic rings. The van der Waals surface area contributed by atoms with Gasteiger partial charge < -0.3 is 15.4 Å². The van der Waals surface area contributed by atoms with E-state index in [1.165, 1.54) is 6.92 Å². The third-order valence-corrected chi connectivity index (χ3v) is 3.77. The number of pyridine rings is 1. The lowest BCUT2D eigenvalue weighted by atomic mass is 10.2. The molecule has 7 nitrogen and oxygen atoms in total. The van der Waals surface area contributed by atoms with Gasteiger partial charge in [0.2, 0.25) is 5.91 Å². The van der Waals surface area contributed by atoms with Gasteiger partial charge in [-0.2, -0.15) is 0 Å². The molecular formula is C19H20N4O3. The van der Waals surface area contributed by atoms with Crippen molar-refractivity contribution in [2.45, 2.75) is 20.8 Å². The third-order valence-electron chi connectivity index (χ3n) is 3.77. The fourth-order valence-electron chi connectivity index (χ4n) is 2.73. The molecule has 26 heavy (non-hydrogen) atoms. The molecule has 0 atom stereocenters. The van der Waals surface area contributed by atoms with Gasteiger partial charge in [-0.25, -0.2) is 4.98 Å². The Morgan fingerprint density at radius 3 is 2.38 bits per heavy atom. The van der Waals surface area contributed by atoms with E-state index in [1.807, 2.05) is 19.1 Å². The number of carbonyl (C=O) groups excluding carboxylic acids is 2. The molecule has 2 aromatic heterocycles. The van der Waals surface area contributed by atoms with E-state index in [9.17, 15) is 9.59 Å². The summed E-state index contributed by atoms with van der Waals surface area (Å²) in [7, 11) is 0. The summed E-state index contributed by atoms with van der Waals surface area (Å²) in [4.78, 5) is 28.3. The minimum absolute atomic E-state index is 0.145. The molecule has 0 aliphatic carbocycles. The first-order valence-electron chi connectivity index (χ1n) is 8.29. The van der Waals surface area contributed by atoms with Crippen LogP contribution in [0.2, 0.25) is 0 Å². The summed E-state index contributed by atoms with van der Waals surface area (Å²) in [5, 5.41) is 5.54. The van der Waals surface area contributed by atoms with Crippen LogP contribution in [-0.2, 0) is 4.79 Å². The molecule has 0 unspecified atom stereocenters. The number of hydrogen-bond acceptors (Lipinski definition) is 4. The van der Waals surface area contributed by atoms with E-state index in [0.29, 0.717) is 40.8 Å². The van der Waals surface area contributed by atoms with E-state index >= 15 is 0 Å². The average molecular weight is 352 g/mol. The Labute approximate surface area is 151 Å². The highest BCUT2D eigenvalue weighted by Gasteiger charge is 2.18. The predicted octanol–water partition coefficient (Wildman–Crippen LogP) is 3.25. The molecule has 2 amide bonds. The number of fused-ring (bicyclic) bond motifs is 1. The van der Waals surface area contributed by atoms with Gasteiger partial charge in [0.25, 0.3) is 5.91 Å². The van der Waals surface area contributed by atoms with Gasteiger partial charge >= 0.3 is 0 Å². The average Bonchev–Trinajstić information content (AvgIpc) is 2.93. The SMILES string of the molecule is CCOc1cccn2c(C(=O)Nc3ccc(NC(C)=O)cc3)c(C)nc12. The van der Waals surface area contributed by atoms with E-state index in [2.05, 4.69) is 15.6 Å². The second kappa shape index (κ2) is 7.26. The van der Waals surface area contributed by atoms with Gasteiger partial charge in [-0.15, -0.1) is 0 Å². The highest BCUT2D eigenvalue weighted by molar-refractivity contribution is 6.04. The minimum atomic E-state index is -0.268. The molecule has 134 valence electrons. The van der Waals surface area contributed by atoms with E-state index in [4.69, 9.17) is 4.74 Å². The van der Waals surface area contributed by atoms with Crippen molar-refractivity contribution in [1.82, 2.24) is 9.38 Å². The Morgan fingerprint density at radius 2 is 1.77 bits per heavy atom. The minimum Gasteiger partial charge on any atom is -0.490 e. The number of anilines is 2. The number of rotatable bonds is 5. The molecule has 0 radical (unpaired) electrons. The lowest BCUT2D eigenvalue weighted by Gasteiger charge is -2.08. The topological polar surface area (TPSA) is 84.7 Å². The van der Waals surface area contributed by atoms with Crippen molar-refractivity contribution in [1.29, 1.82) is 0 Å². The van der Waals surface area contributed by atoms with Crippen molar-refractivity contribution in [3.63, 3.8) is 0 Å². The Hall–Kier alpha value is -3.35. The Bertz CT molecular complexity index is 961. The van der Waals surface area contributed by atoms with Crippen molar-refractivity contribution in [3.05, 3.63) is 54.0 Å². The van der Waals surface area contributed by atoms with Crippen LogP contribution >= 0.6 is 0 Å². The number of aryl methyl sites for hydroxylation is 1. The fraction of sp³-hybridized carbons (Fsp3) is 0.211. The summed E-state index contributed by atoms with van der Waals surface area (Å²) in [6.07, 6.45) is 1.78. The summed E-state index contributed by atoms with van der Waals surface area (Å²) < 4.78 is 7.30. The second-order valence-electron chi connectivity index (χ2n) is 5.76. The van der Waals surface area contributed by atoms with Crippen LogP contribution < -0.4 is 15.4 Å². The standard InChI is InChI=1S/C19H20N4O3/c1-4-26-16-6-5-11-23-17(12(2)20-18(16)23)19(25)22-15-9-7-14(8-10-15)21-13(3)24/h5-11H,4H2,1-3H3,(H,21,24)(H,22,25). The molecule has 0 aliphatic heterocycles. The Morgan fingerprint density at radius 1 is 1.12 bits per heavy atom. The number of benzene rings is 1. The van der Waals surface area contributed by atoms with Crippen LogP contribution in [0.3, 0.4) is 0 Å². The molecule has 0 aliphatic rings. The van der Waals surface area contributed by atoms with Crippen molar-refractivity contribution in [3.8, 4) is 5.75 Å². The van der Waals surface area contributed by atoms with Gasteiger partial charge in [0.1, 0.15) is 5.69 Å². The van der Waals surface area contributed by atoms with Crippen molar-refractivity contribution in [2.75, 3.05) is 17.2 Å². The maximum atomic E-state index is 12.8. The Balaban J connectivity index is 1.87. The third kappa shape index (κ3) is 3.51. The van der Waals surface area contributed by atoms with Crippen LogP contribution in [0.1, 0.15) is 30.0 Å². The van der Waals surface area contributed by atoms with Crippen LogP contribution in [0, 0.1) is 6.92 Å². The number of ether oxygens (including phenoxy) is 1. The lowest BCUT2D eigenvalue weighted by Crippen LogP contribution is -2.15. The lowest BCUT2D eigenvalue weighted by molar-refractivity contribution is -0.114. The van der Waals surface area contributed by atoms with Crippen molar-refractivity contribution >= 4 is 28.8 Å². The molecule has 2 N–H and O–H groups in total. The predicted molar refractivity (Wildman–Crippen MR) is 99.8 cm³/mol. The van der Waals surface area contributed by atoms with Crippen LogP contribution in [0.25, 0.3) is 5.65 Å². The monoisotopic (exact) mass is 352 g/mol. The zero-order valence-corrected chi connectivity index (χ0v) is 14.9. The van der Waals surface area contributed by atoms with E-state index in [1.54, 1.807) is 41.8 Å². The van der Waals surface area contributed by atoms with E-state index in [0.717, 1.165) is 0 Å². The molecular weight excluding hydrogens is 332 g/mol. The zero-order valence-electron chi connectivity index (χ0n) is 14.9. The number of nitrogens with one attached hydrogen (secondary N) is 2. The van der Waals surface area contributed by atoms with Gasteiger partial charge in [-0.1, -0.05) is 0 Å². The molecule has 0 saturated carbocycles. The smallest absolute Gasteiger partial charge is 0.274 e. The maximum Gasteiger partial charge on any atom is 0.274 e. The summed E-state index contributed by atoms with van der Waals surface area (Å²) in [5.74, 6) is 0.223. The molecule has 0 bridgehead atoms. The quantitative estimate of drug-likeness (QED) is 0.738. The number of carbonyl (C=O) groups is 2. The maximum absolute atomic E-state index is 12.8. The second-order valence-corrected chi connectivity index (χ2v) is 5.76. The van der Waals surface area contributed by atoms with E-state index < -0.39 is 0 Å². The zero-order chi connectivity index (χ0) is 18.7. The summed E-state index contributed by atoms with van der Waals surface area (Å²) >= 11 is 0. The first-order chi connectivity index (χ1) is 12.5. The summed E-state index contributed by atoms with van der Waals surface area (Å²) in [6, 6.07) is 10.6. The van der Waals surface area contributed by atoms with Gasteiger partial charge in [0.15, 0.2) is 11.4 Å². The Kier molecular flexibility index (Phi) is 4.88. The van der Waals surface area contributed by atoms with Gasteiger partial charge in [0, 0.05) is 24.5 Å². The molecule has 0 fully saturated rings. The normalized spacial score (nSPS) is 10.6. The molecule has 0 saturated heterocycles.